The lowest BCUT2D eigenvalue weighted by Crippen LogP contribution is -2.21. The van der Waals surface area contributed by atoms with Crippen molar-refractivity contribution in [1.29, 1.82) is 0 Å². The van der Waals surface area contributed by atoms with Crippen LogP contribution in [0.2, 0.25) is 0 Å². The molecule has 0 saturated carbocycles. The Kier molecular flexibility index (Phi) is 4.30. The molecule has 0 radical (unpaired) electrons. The summed E-state index contributed by atoms with van der Waals surface area (Å²) in [6.45, 7) is 3.01. The van der Waals surface area contributed by atoms with Gasteiger partial charge in [-0.05, 0) is 12.5 Å². The van der Waals surface area contributed by atoms with Crippen molar-refractivity contribution in [3.05, 3.63) is 52.6 Å². The van der Waals surface area contributed by atoms with E-state index in [2.05, 4.69) is 4.98 Å². The number of rotatable bonds is 5. The highest BCUT2D eigenvalue weighted by Crippen LogP contribution is 2.21. The summed E-state index contributed by atoms with van der Waals surface area (Å²) >= 11 is 0. The number of ether oxygens (including phenoxy) is 1. The molecule has 0 spiro atoms. The van der Waals surface area contributed by atoms with Crippen LogP contribution in [0.25, 0.3) is 0 Å². The van der Waals surface area contributed by atoms with Crippen LogP contribution in [0.5, 0.6) is 11.6 Å². The monoisotopic (exact) mass is 259 g/mol. The van der Waals surface area contributed by atoms with Gasteiger partial charge < -0.3 is 15.0 Å². The van der Waals surface area contributed by atoms with E-state index >= 15 is 0 Å². The van der Waals surface area contributed by atoms with Gasteiger partial charge in [0.15, 0.2) is 0 Å². The molecule has 2 rings (SSSR count). The molecule has 1 aromatic heterocycles. The summed E-state index contributed by atoms with van der Waals surface area (Å²) in [7, 11) is 0. The topological polar surface area (TPSA) is 70.1 Å². The zero-order chi connectivity index (χ0) is 13.7. The van der Waals surface area contributed by atoms with Gasteiger partial charge in [-0.2, -0.15) is 0 Å². The summed E-state index contributed by atoms with van der Waals surface area (Å²) in [5, 5.41) is 0. The third-order valence-corrected chi connectivity index (χ3v) is 2.75. The van der Waals surface area contributed by atoms with Crippen molar-refractivity contribution >= 4 is 0 Å². The Morgan fingerprint density at radius 3 is 2.89 bits per heavy atom. The van der Waals surface area contributed by atoms with Crippen molar-refractivity contribution in [3.63, 3.8) is 0 Å². The van der Waals surface area contributed by atoms with Crippen molar-refractivity contribution in [1.82, 2.24) is 9.55 Å². The zero-order valence-electron chi connectivity index (χ0n) is 10.9. The van der Waals surface area contributed by atoms with E-state index in [1.54, 1.807) is 23.0 Å². The van der Waals surface area contributed by atoms with Gasteiger partial charge in [-0.3, -0.25) is 4.79 Å². The second-order valence-electron chi connectivity index (χ2n) is 4.14. The van der Waals surface area contributed by atoms with E-state index in [1.807, 2.05) is 25.1 Å². The molecule has 0 aliphatic rings. The SMILES string of the molecule is CCCn1ccnc(Oc2ccccc2CN)c1=O. The summed E-state index contributed by atoms with van der Waals surface area (Å²) in [5.41, 5.74) is 6.25. The molecule has 0 aliphatic heterocycles. The van der Waals surface area contributed by atoms with Crippen LogP contribution in [-0.2, 0) is 13.1 Å². The van der Waals surface area contributed by atoms with Crippen LogP contribution >= 0.6 is 0 Å². The number of nitrogens with two attached hydrogens (primary N) is 1. The van der Waals surface area contributed by atoms with E-state index < -0.39 is 0 Å². The standard InChI is InChI=1S/C14H17N3O2/c1-2-8-17-9-7-16-13(14(17)18)19-12-6-4-3-5-11(12)10-15/h3-7,9H,2,8,10,15H2,1H3. The van der Waals surface area contributed by atoms with Crippen molar-refractivity contribution < 1.29 is 4.74 Å². The Bertz CT molecular complexity index is 608. The Morgan fingerprint density at radius 2 is 2.16 bits per heavy atom. The van der Waals surface area contributed by atoms with Crippen LogP contribution in [0.15, 0.2) is 41.5 Å². The zero-order valence-corrected chi connectivity index (χ0v) is 10.9. The van der Waals surface area contributed by atoms with Crippen LogP contribution in [0.4, 0.5) is 0 Å². The van der Waals surface area contributed by atoms with Crippen LogP contribution in [0.1, 0.15) is 18.9 Å². The number of nitrogens with zero attached hydrogens (tertiary/aromatic N) is 2. The number of hydrogen-bond acceptors (Lipinski definition) is 4. The second kappa shape index (κ2) is 6.15. The van der Waals surface area contributed by atoms with E-state index in [1.165, 1.54) is 0 Å². The fourth-order valence-electron chi connectivity index (χ4n) is 1.79. The van der Waals surface area contributed by atoms with Gasteiger partial charge in [-0.15, -0.1) is 0 Å². The third-order valence-electron chi connectivity index (χ3n) is 2.75. The van der Waals surface area contributed by atoms with E-state index in [9.17, 15) is 4.79 Å². The van der Waals surface area contributed by atoms with Gasteiger partial charge in [0.1, 0.15) is 5.75 Å². The predicted molar refractivity (Wildman–Crippen MR) is 73.2 cm³/mol. The van der Waals surface area contributed by atoms with Gasteiger partial charge in [0, 0.05) is 31.0 Å². The smallest absolute Gasteiger partial charge is 0.313 e. The molecule has 0 aliphatic carbocycles. The minimum atomic E-state index is -0.226. The lowest BCUT2D eigenvalue weighted by Gasteiger charge is -2.10. The molecule has 0 fully saturated rings. The molecule has 2 N–H and O–H groups in total. The van der Waals surface area contributed by atoms with Gasteiger partial charge in [-0.1, -0.05) is 25.1 Å². The van der Waals surface area contributed by atoms with Crippen LogP contribution in [0, 0.1) is 0 Å². The van der Waals surface area contributed by atoms with Crippen LogP contribution in [0.3, 0.4) is 0 Å². The van der Waals surface area contributed by atoms with Gasteiger partial charge in [-0.25, -0.2) is 4.98 Å². The minimum absolute atomic E-state index is 0.0804. The van der Waals surface area contributed by atoms with Gasteiger partial charge in [0.2, 0.25) is 0 Å². The first-order chi connectivity index (χ1) is 9.26. The maximum Gasteiger partial charge on any atom is 0.313 e. The summed E-state index contributed by atoms with van der Waals surface area (Å²) in [4.78, 5) is 16.1. The molecule has 1 heterocycles. The van der Waals surface area contributed by atoms with Gasteiger partial charge in [0.25, 0.3) is 5.88 Å². The Hall–Kier alpha value is -2.14. The van der Waals surface area contributed by atoms with Crippen molar-refractivity contribution in [2.24, 2.45) is 5.73 Å². The molecule has 0 atom stereocenters. The molecule has 0 bridgehead atoms. The highest BCUT2D eigenvalue weighted by molar-refractivity contribution is 5.35. The molecule has 0 saturated heterocycles. The van der Waals surface area contributed by atoms with E-state index in [0.29, 0.717) is 18.8 Å². The fourth-order valence-corrected chi connectivity index (χ4v) is 1.79. The van der Waals surface area contributed by atoms with Crippen LogP contribution < -0.4 is 16.0 Å². The molecule has 19 heavy (non-hydrogen) atoms. The van der Waals surface area contributed by atoms with Crippen LogP contribution in [-0.4, -0.2) is 9.55 Å². The van der Waals surface area contributed by atoms with Crippen molar-refractivity contribution in [3.8, 4) is 11.6 Å². The molecule has 0 unspecified atom stereocenters. The average Bonchev–Trinajstić information content (AvgIpc) is 2.44. The summed E-state index contributed by atoms with van der Waals surface area (Å²) in [6.07, 6.45) is 4.10. The first kappa shape index (κ1) is 13.3. The molecule has 5 nitrogen and oxygen atoms in total. The first-order valence-electron chi connectivity index (χ1n) is 6.27. The maximum atomic E-state index is 12.1. The third kappa shape index (κ3) is 3.00. The van der Waals surface area contributed by atoms with Gasteiger partial charge in [0.05, 0.1) is 0 Å². The number of aromatic nitrogens is 2. The summed E-state index contributed by atoms with van der Waals surface area (Å²) < 4.78 is 7.18. The Balaban J connectivity index is 2.33. The lowest BCUT2D eigenvalue weighted by molar-refractivity contribution is 0.438. The molecular formula is C14H17N3O2. The second-order valence-corrected chi connectivity index (χ2v) is 4.14. The molecular weight excluding hydrogens is 242 g/mol. The van der Waals surface area contributed by atoms with E-state index in [4.69, 9.17) is 10.5 Å². The maximum absolute atomic E-state index is 12.1. The lowest BCUT2D eigenvalue weighted by atomic mass is 10.2. The van der Waals surface area contributed by atoms with E-state index in [0.717, 1.165) is 12.0 Å². The quantitative estimate of drug-likeness (QED) is 0.890. The fraction of sp³-hybridized carbons (Fsp3) is 0.286. The summed E-state index contributed by atoms with van der Waals surface area (Å²) in [6, 6.07) is 7.36. The van der Waals surface area contributed by atoms with Crippen molar-refractivity contribution in [2.45, 2.75) is 26.4 Å². The minimum Gasteiger partial charge on any atom is -0.434 e. The molecule has 100 valence electrons. The number of para-hydroxylation sites is 1. The van der Waals surface area contributed by atoms with Crippen molar-refractivity contribution in [2.75, 3.05) is 0 Å². The molecule has 0 amide bonds. The molecule has 5 heteroatoms. The highest BCUT2D eigenvalue weighted by Gasteiger charge is 2.09. The first-order valence-corrected chi connectivity index (χ1v) is 6.27. The number of hydrogen-bond donors (Lipinski definition) is 1. The number of benzene rings is 1. The molecule has 2 aromatic rings. The Labute approximate surface area is 111 Å². The van der Waals surface area contributed by atoms with Gasteiger partial charge >= 0.3 is 5.56 Å². The summed E-state index contributed by atoms with van der Waals surface area (Å²) in [5.74, 6) is 0.653. The predicted octanol–water partition coefficient (Wildman–Crippen LogP) is 1.90. The van der Waals surface area contributed by atoms with E-state index in [-0.39, 0.29) is 11.4 Å². The normalized spacial score (nSPS) is 10.4. The molecule has 1 aromatic carbocycles. The largest absolute Gasteiger partial charge is 0.434 e. The average molecular weight is 259 g/mol. The number of aryl methyl sites for hydroxylation is 1. The highest BCUT2D eigenvalue weighted by atomic mass is 16.5. The Morgan fingerprint density at radius 1 is 1.37 bits per heavy atom.